The molecule has 0 saturated carbocycles. The Kier molecular flexibility index (Phi) is 4.32. The van der Waals surface area contributed by atoms with Crippen LogP contribution < -0.4 is 4.90 Å². The number of pyridine rings is 1. The van der Waals surface area contributed by atoms with E-state index >= 15 is 0 Å². The van der Waals surface area contributed by atoms with E-state index in [1.54, 1.807) is 0 Å². The van der Waals surface area contributed by atoms with Gasteiger partial charge in [-0.15, -0.1) is 0 Å². The summed E-state index contributed by atoms with van der Waals surface area (Å²) in [6.45, 7) is 3.37. The molecule has 0 radical (unpaired) electrons. The average molecular weight is 305 g/mol. The monoisotopic (exact) mass is 304 g/mol. The van der Waals surface area contributed by atoms with Crippen LogP contribution in [0.2, 0.25) is 5.02 Å². The van der Waals surface area contributed by atoms with Crippen LogP contribution in [-0.4, -0.2) is 29.3 Å². The lowest BCUT2D eigenvalue weighted by atomic mass is 9.99. The highest BCUT2D eigenvalue weighted by atomic mass is 35.5. The van der Waals surface area contributed by atoms with E-state index in [1.807, 2.05) is 18.2 Å². The van der Waals surface area contributed by atoms with Crippen molar-refractivity contribution in [2.45, 2.75) is 38.6 Å². The molecule has 4 heteroatoms. The van der Waals surface area contributed by atoms with Crippen molar-refractivity contribution < 1.29 is 5.11 Å². The molecule has 1 aromatic carbocycles. The van der Waals surface area contributed by atoms with Crippen molar-refractivity contribution in [2.24, 2.45) is 0 Å². The van der Waals surface area contributed by atoms with Crippen LogP contribution in [0.3, 0.4) is 0 Å². The molecule has 3 nitrogen and oxygen atoms in total. The van der Waals surface area contributed by atoms with Gasteiger partial charge in [-0.05, 0) is 56.4 Å². The first kappa shape index (κ1) is 14.6. The summed E-state index contributed by atoms with van der Waals surface area (Å²) in [7, 11) is 0. The van der Waals surface area contributed by atoms with Crippen LogP contribution in [0.25, 0.3) is 10.9 Å². The predicted molar refractivity (Wildman–Crippen MR) is 88.2 cm³/mol. The molecule has 1 atom stereocenters. The standard InChI is InChI=1S/C17H21ClN2O/c1-12-10-17(19-16-11-13(18)5-6-15(12)16)20-8-3-2-4-14(20)7-9-21/h5-6,10-11,14,21H,2-4,7-9H2,1H3/t14-/m0/s1. The lowest BCUT2D eigenvalue weighted by Crippen LogP contribution is -2.40. The Morgan fingerprint density at radius 1 is 1.33 bits per heavy atom. The van der Waals surface area contributed by atoms with Gasteiger partial charge >= 0.3 is 0 Å². The smallest absolute Gasteiger partial charge is 0.129 e. The highest BCUT2D eigenvalue weighted by Crippen LogP contribution is 2.29. The van der Waals surface area contributed by atoms with Gasteiger partial charge in [0.1, 0.15) is 5.82 Å². The number of piperidine rings is 1. The largest absolute Gasteiger partial charge is 0.396 e. The van der Waals surface area contributed by atoms with Crippen LogP contribution in [0, 0.1) is 6.92 Å². The van der Waals surface area contributed by atoms with Crippen LogP contribution in [0.4, 0.5) is 5.82 Å². The molecule has 21 heavy (non-hydrogen) atoms. The molecule has 1 saturated heterocycles. The van der Waals surface area contributed by atoms with E-state index in [2.05, 4.69) is 17.9 Å². The maximum atomic E-state index is 9.28. The third-order valence-corrected chi connectivity index (χ3v) is 4.58. The minimum absolute atomic E-state index is 0.236. The number of halogens is 1. The summed E-state index contributed by atoms with van der Waals surface area (Å²) in [6, 6.07) is 8.43. The number of fused-ring (bicyclic) bond motifs is 1. The number of aliphatic hydroxyl groups excluding tert-OH is 1. The zero-order valence-electron chi connectivity index (χ0n) is 12.3. The first-order valence-corrected chi connectivity index (χ1v) is 8.01. The average Bonchev–Trinajstić information content (AvgIpc) is 2.47. The van der Waals surface area contributed by atoms with E-state index in [9.17, 15) is 5.11 Å². The topological polar surface area (TPSA) is 36.4 Å². The molecule has 0 aliphatic carbocycles. The van der Waals surface area contributed by atoms with Crippen LogP contribution in [-0.2, 0) is 0 Å². The van der Waals surface area contributed by atoms with E-state index in [4.69, 9.17) is 16.6 Å². The molecule has 0 amide bonds. The second kappa shape index (κ2) is 6.20. The maximum absolute atomic E-state index is 9.28. The number of hydrogen-bond donors (Lipinski definition) is 1. The summed E-state index contributed by atoms with van der Waals surface area (Å²) in [5.41, 5.74) is 2.17. The SMILES string of the molecule is Cc1cc(N2CCCC[C@H]2CCO)nc2cc(Cl)ccc12. The first-order chi connectivity index (χ1) is 10.2. The molecule has 1 aromatic heterocycles. The van der Waals surface area contributed by atoms with Gasteiger partial charge in [-0.25, -0.2) is 4.98 Å². The predicted octanol–water partition coefficient (Wildman–Crippen LogP) is 3.94. The number of aromatic nitrogens is 1. The second-order valence-corrected chi connectivity index (χ2v) is 6.25. The van der Waals surface area contributed by atoms with Crippen molar-refractivity contribution in [1.82, 2.24) is 4.98 Å². The third-order valence-electron chi connectivity index (χ3n) is 4.35. The number of aliphatic hydroxyl groups is 1. The van der Waals surface area contributed by atoms with Gasteiger partial charge in [-0.2, -0.15) is 0 Å². The summed E-state index contributed by atoms with van der Waals surface area (Å²) in [5, 5.41) is 11.2. The summed E-state index contributed by atoms with van der Waals surface area (Å²) < 4.78 is 0. The molecule has 1 N–H and O–H groups in total. The van der Waals surface area contributed by atoms with E-state index < -0.39 is 0 Å². The molecule has 0 bridgehead atoms. The van der Waals surface area contributed by atoms with Crippen molar-refractivity contribution in [3.05, 3.63) is 34.9 Å². The molecule has 1 aliphatic heterocycles. The number of hydrogen-bond acceptors (Lipinski definition) is 3. The van der Waals surface area contributed by atoms with Crippen LogP contribution in [0.15, 0.2) is 24.3 Å². The van der Waals surface area contributed by atoms with Gasteiger partial charge in [0.15, 0.2) is 0 Å². The second-order valence-electron chi connectivity index (χ2n) is 5.81. The van der Waals surface area contributed by atoms with E-state index in [-0.39, 0.29) is 6.61 Å². The Labute approximate surface area is 130 Å². The highest BCUT2D eigenvalue weighted by Gasteiger charge is 2.23. The fraction of sp³-hybridized carbons (Fsp3) is 0.471. The van der Waals surface area contributed by atoms with E-state index in [1.165, 1.54) is 18.4 Å². The Morgan fingerprint density at radius 2 is 2.19 bits per heavy atom. The van der Waals surface area contributed by atoms with Crippen LogP contribution >= 0.6 is 11.6 Å². The lowest BCUT2D eigenvalue weighted by molar-refractivity contribution is 0.262. The van der Waals surface area contributed by atoms with Gasteiger partial charge in [-0.1, -0.05) is 17.7 Å². The molecule has 0 spiro atoms. The number of anilines is 1. The number of benzene rings is 1. The fourth-order valence-corrected chi connectivity index (χ4v) is 3.42. The fourth-order valence-electron chi connectivity index (χ4n) is 3.26. The highest BCUT2D eigenvalue weighted by molar-refractivity contribution is 6.31. The molecule has 2 aromatic rings. The van der Waals surface area contributed by atoms with Crippen molar-refractivity contribution in [3.8, 4) is 0 Å². The number of rotatable bonds is 3. The third kappa shape index (κ3) is 2.99. The summed E-state index contributed by atoms with van der Waals surface area (Å²) in [4.78, 5) is 7.17. The van der Waals surface area contributed by atoms with E-state index in [0.29, 0.717) is 6.04 Å². The minimum Gasteiger partial charge on any atom is -0.396 e. The Morgan fingerprint density at radius 3 is 3.00 bits per heavy atom. The Balaban J connectivity index is 2.02. The summed E-state index contributed by atoms with van der Waals surface area (Å²) in [6.07, 6.45) is 4.37. The maximum Gasteiger partial charge on any atom is 0.129 e. The Bertz CT molecular complexity index is 642. The zero-order valence-corrected chi connectivity index (χ0v) is 13.1. The zero-order chi connectivity index (χ0) is 14.8. The molecule has 112 valence electrons. The first-order valence-electron chi connectivity index (χ1n) is 7.63. The van der Waals surface area contributed by atoms with E-state index in [0.717, 1.165) is 41.1 Å². The van der Waals surface area contributed by atoms with Crippen molar-refractivity contribution in [2.75, 3.05) is 18.1 Å². The van der Waals surface area contributed by atoms with Gasteiger partial charge in [-0.3, -0.25) is 0 Å². The number of nitrogens with zero attached hydrogens (tertiary/aromatic N) is 2. The van der Waals surface area contributed by atoms with Gasteiger partial charge in [0.05, 0.1) is 5.52 Å². The van der Waals surface area contributed by atoms with Crippen LogP contribution in [0.1, 0.15) is 31.2 Å². The summed E-state index contributed by atoms with van der Waals surface area (Å²) in [5.74, 6) is 1.01. The van der Waals surface area contributed by atoms with Crippen molar-refractivity contribution in [3.63, 3.8) is 0 Å². The Hall–Kier alpha value is -1.32. The molecule has 1 aliphatic rings. The lowest BCUT2D eigenvalue weighted by Gasteiger charge is -2.36. The van der Waals surface area contributed by atoms with Crippen molar-refractivity contribution in [1.29, 1.82) is 0 Å². The van der Waals surface area contributed by atoms with Gasteiger partial charge in [0.2, 0.25) is 0 Å². The molecule has 1 fully saturated rings. The van der Waals surface area contributed by atoms with Crippen LogP contribution in [0.5, 0.6) is 0 Å². The molecular formula is C17H21ClN2O. The van der Waals surface area contributed by atoms with Gasteiger partial charge in [0, 0.05) is 29.6 Å². The molecule has 0 unspecified atom stereocenters. The summed E-state index contributed by atoms with van der Waals surface area (Å²) >= 11 is 6.10. The quantitative estimate of drug-likeness (QED) is 0.933. The number of aryl methyl sites for hydroxylation is 1. The van der Waals surface area contributed by atoms with Gasteiger partial charge < -0.3 is 10.0 Å². The molecule has 3 rings (SSSR count). The minimum atomic E-state index is 0.236. The van der Waals surface area contributed by atoms with Crippen molar-refractivity contribution >= 4 is 28.3 Å². The molecular weight excluding hydrogens is 284 g/mol. The molecule has 2 heterocycles. The van der Waals surface area contributed by atoms with Gasteiger partial charge in [0.25, 0.3) is 0 Å². The normalized spacial score (nSPS) is 19.2.